The molecule has 71 valence electrons. The summed E-state index contributed by atoms with van der Waals surface area (Å²) in [5.74, 6) is 0. The highest BCUT2D eigenvalue weighted by Crippen LogP contribution is 2.21. The molecule has 0 spiro atoms. The summed E-state index contributed by atoms with van der Waals surface area (Å²) in [6, 6.07) is 0. The first-order valence-corrected chi connectivity index (χ1v) is 5.78. The second-order valence-corrected chi connectivity index (χ2v) is 4.43. The zero-order valence-corrected chi connectivity index (χ0v) is 8.86. The van der Waals surface area contributed by atoms with Crippen molar-refractivity contribution in [3.05, 3.63) is 16.1 Å². The first-order valence-electron chi connectivity index (χ1n) is 4.97. The normalized spacial score (nSPS) is 17.3. The van der Waals surface area contributed by atoms with Crippen LogP contribution < -0.4 is 0 Å². The first kappa shape index (κ1) is 9.16. The summed E-state index contributed by atoms with van der Waals surface area (Å²) in [7, 11) is 0. The lowest BCUT2D eigenvalue weighted by atomic mass is 10.1. The van der Waals surface area contributed by atoms with Crippen LogP contribution in [0.2, 0.25) is 0 Å². The Morgan fingerprint density at radius 1 is 1.62 bits per heavy atom. The van der Waals surface area contributed by atoms with Gasteiger partial charge in [0.05, 0.1) is 5.69 Å². The molecule has 1 aliphatic rings. The highest BCUT2D eigenvalue weighted by molar-refractivity contribution is 7.09. The number of fused-ring (bicyclic) bond motifs is 1. The molecule has 0 aliphatic carbocycles. The van der Waals surface area contributed by atoms with Crippen molar-refractivity contribution < 1.29 is 0 Å². The van der Waals surface area contributed by atoms with E-state index in [4.69, 9.17) is 0 Å². The molecule has 13 heavy (non-hydrogen) atoms. The molecule has 0 saturated heterocycles. The van der Waals surface area contributed by atoms with Gasteiger partial charge >= 0.3 is 0 Å². The van der Waals surface area contributed by atoms with E-state index in [0.29, 0.717) is 0 Å². The van der Waals surface area contributed by atoms with Gasteiger partial charge < -0.3 is 0 Å². The number of rotatable bonds is 3. The Morgan fingerprint density at radius 2 is 2.54 bits per heavy atom. The van der Waals surface area contributed by atoms with E-state index in [1.165, 1.54) is 36.5 Å². The third-order valence-corrected chi connectivity index (χ3v) is 3.32. The second-order valence-electron chi connectivity index (χ2n) is 3.55. The third-order valence-electron chi connectivity index (χ3n) is 2.53. The number of thiazole rings is 1. The zero-order chi connectivity index (χ0) is 9.10. The molecule has 0 bridgehead atoms. The Morgan fingerprint density at radius 3 is 3.38 bits per heavy atom. The van der Waals surface area contributed by atoms with Crippen LogP contribution in [0.4, 0.5) is 0 Å². The van der Waals surface area contributed by atoms with E-state index in [2.05, 4.69) is 22.3 Å². The van der Waals surface area contributed by atoms with Crippen LogP contribution in [0.1, 0.15) is 30.3 Å². The largest absolute Gasteiger partial charge is 0.298 e. The van der Waals surface area contributed by atoms with Gasteiger partial charge in [-0.25, -0.2) is 4.98 Å². The van der Waals surface area contributed by atoms with Crippen molar-refractivity contribution in [2.24, 2.45) is 0 Å². The first-order chi connectivity index (χ1) is 6.40. The van der Waals surface area contributed by atoms with Gasteiger partial charge in [-0.2, -0.15) is 0 Å². The van der Waals surface area contributed by atoms with Crippen molar-refractivity contribution in [3.63, 3.8) is 0 Å². The summed E-state index contributed by atoms with van der Waals surface area (Å²) in [6.45, 7) is 5.78. The van der Waals surface area contributed by atoms with Gasteiger partial charge in [-0.3, -0.25) is 4.90 Å². The molecule has 0 aromatic carbocycles. The molecular weight excluding hydrogens is 180 g/mol. The lowest BCUT2D eigenvalue weighted by Crippen LogP contribution is -2.30. The molecule has 2 nitrogen and oxygen atoms in total. The third kappa shape index (κ3) is 2.09. The van der Waals surface area contributed by atoms with E-state index >= 15 is 0 Å². The van der Waals surface area contributed by atoms with Crippen LogP contribution in [0.5, 0.6) is 0 Å². The van der Waals surface area contributed by atoms with Crippen LogP contribution in [0, 0.1) is 5.51 Å². The van der Waals surface area contributed by atoms with Crippen molar-refractivity contribution in [1.82, 2.24) is 9.88 Å². The van der Waals surface area contributed by atoms with E-state index in [1.54, 1.807) is 11.3 Å². The molecule has 0 unspecified atom stereocenters. The van der Waals surface area contributed by atoms with Crippen molar-refractivity contribution in [3.8, 4) is 0 Å². The highest BCUT2D eigenvalue weighted by Gasteiger charge is 2.17. The van der Waals surface area contributed by atoms with Crippen LogP contribution in [0.3, 0.4) is 0 Å². The summed E-state index contributed by atoms with van der Waals surface area (Å²) in [5, 5.41) is 0. The predicted molar refractivity (Wildman–Crippen MR) is 54.8 cm³/mol. The van der Waals surface area contributed by atoms with Gasteiger partial charge in [0.2, 0.25) is 0 Å². The Kier molecular flexibility index (Phi) is 2.96. The molecule has 1 radical (unpaired) electrons. The molecule has 0 atom stereocenters. The van der Waals surface area contributed by atoms with Crippen LogP contribution in [-0.4, -0.2) is 23.0 Å². The maximum Gasteiger partial charge on any atom is 0.152 e. The molecule has 0 N–H and O–H groups in total. The Labute approximate surface area is 83.6 Å². The van der Waals surface area contributed by atoms with Gasteiger partial charge in [0.15, 0.2) is 5.51 Å². The van der Waals surface area contributed by atoms with Gasteiger partial charge in [0, 0.05) is 24.4 Å². The Hall–Kier alpha value is -0.410. The minimum atomic E-state index is 1.11. The minimum Gasteiger partial charge on any atom is -0.298 e. The molecule has 2 heterocycles. The summed E-state index contributed by atoms with van der Waals surface area (Å²) in [5.41, 5.74) is 4.27. The topological polar surface area (TPSA) is 16.1 Å². The van der Waals surface area contributed by atoms with E-state index in [-0.39, 0.29) is 0 Å². The Balaban J connectivity index is 1.93. The Bertz CT molecular complexity index is 270. The molecule has 3 heteroatoms. The molecule has 1 aromatic heterocycles. The number of nitrogens with zero attached hydrogens (tertiary/aromatic N) is 2. The molecule has 1 aromatic rings. The smallest absolute Gasteiger partial charge is 0.152 e. The fourth-order valence-corrected chi connectivity index (χ4v) is 2.47. The van der Waals surface area contributed by atoms with Gasteiger partial charge in [-0.1, -0.05) is 13.3 Å². The molecule has 0 saturated carbocycles. The molecule has 0 amide bonds. The number of hydrogen-bond acceptors (Lipinski definition) is 3. The van der Waals surface area contributed by atoms with E-state index in [1.807, 2.05) is 0 Å². The molecular formula is C10H15N2S. The van der Waals surface area contributed by atoms with Gasteiger partial charge in [0.25, 0.3) is 0 Å². The summed E-state index contributed by atoms with van der Waals surface area (Å²) < 4.78 is 0. The maximum atomic E-state index is 4.24. The quantitative estimate of drug-likeness (QED) is 0.734. The molecule has 0 fully saturated rings. The van der Waals surface area contributed by atoms with Crippen molar-refractivity contribution in [2.75, 3.05) is 13.1 Å². The average Bonchev–Trinajstić information content (AvgIpc) is 2.61. The van der Waals surface area contributed by atoms with Crippen molar-refractivity contribution >= 4 is 11.3 Å². The van der Waals surface area contributed by atoms with E-state index in [9.17, 15) is 0 Å². The van der Waals surface area contributed by atoms with E-state index < -0.39 is 0 Å². The van der Waals surface area contributed by atoms with Gasteiger partial charge in [-0.05, 0) is 13.0 Å². The van der Waals surface area contributed by atoms with Crippen LogP contribution >= 0.6 is 11.3 Å². The summed E-state index contributed by atoms with van der Waals surface area (Å²) in [4.78, 5) is 8.20. The zero-order valence-electron chi connectivity index (χ0n) is 8.05. The monoisotopic (exact) mass is 195 g/mol. The average molecular weight is 195 g/mol. The highest BCUT2D eigenvalue weighted by atomic mass is 32.1. The van der Waals surface area contributed by atoms with E-state index in [0.717, 1.165) is 13.0 Å². The van der Waals surface area contributed by atoms with Crippen LogP contribution in [-0.2, 0) is 13.0 Å². The number of aromatic nitrogens is 1. The summed E-state index contributed by atoms with van der Waals surface area (Å²) >= 11 is 1.68. The lowest BCUT2D eigenvalue weighted by molar-refractivity contribution is 0.252. The standard InChI is InChI=1S/C10H15N2S/c1-2-3-5-12-6-4-9-10(7-12)13-8-11-9/h2-7H2,1H3. The SMILES string of the molecule is CCCCN1CCc2n[c]sc2C1. The van der Waals surface area contributed by atoms with Crippen LogP contribution in [0.15, 0.2) is 0 Å². The number of unbranched alkanes of at least 4 members (excludes halogenated alkanes) is 1. The lowest BCUT2D eigenvalue weighted by Gasteiger charge is -2.25. The van der Waals surface area contributed by atoms with Crippen molar-refractivity contribution in [2.45, 2.75) is 32.7 Å². The maximum absolute atomic E-state index is 4.24. The molecule has 2 rings (SSSR count). The van der Waals surface area contributed by atoms with Gasteiger partial charge in [0.1, 0.15) is 0 Å². The van der Waals surface area contributed by atoms with Gasteiger partial charge in [-0.15, -0.1) is 11.3 Å². The van der Waals surface area contributed by atoms with Crippen molar-refractivity contribution in [1.29, 1.82) is 0 Å². The van der Waals surface area contributed by atoms with Crippen LogP contribution in [0.25, 0.3) is 0 Å². The second kappa shape index (κ2) is 4.20. The minimum absolute atomic E-state index is 1.11. The fraction of sp³-hybridized carbons (Fsp3) is 0.700. The molecule has 1 aliphatic heterocycles. The number of hydrogen-bond donors (Lipinski definition) is 0. The summed E-state index contributed by atoms with van der Waals surface area (Å²) in [6.07, 6.45) is 3.73. The fourth-order valence-electron chi connectivity index (χ4n) is 1.69. The predicted octanol–water partition coefficient (Wildman–Crippen LogP) is 2.10.